The molecule has 0 spiro atoms. The number of anilines is 2. The highest BCUT2D eigenvalue weighted by Gasteiger charge is 2.41. The minimum atomic E-state index is -1.06. The number of amides is 1. The van der Waals surface area contributed by atoms with Crippen LogP contribution in [-0.4, -0.2) is 73.8 Å². The van der Waals surface area contributed by atoms with Crippen LogP contribution in [0.15, 0.2) is 43.4 Å². The molecule has 0 saturated carbocycles. The topological polar surface area (TPSA) is 88.4 Å². The lowest BCUT2D eigenvalue weighted by Gasteiger charge is -2.48. The summed E-state index contributed by atoms with van der Waals surface area (Å²) in [5.74, 6) is 1.49. The number of pyridine rings is 2. The number of aromatic nitrogens is 4. The minimum Gasteiger partial charge on any atom is -0.485 e. The lowest BCUT2D eigenvalue weighted by molar-refractivity contribution is -0.130. The summed E-state index contributed by atoms with van der Waals surface area (Å²) in [6.07, 6.45) is 6.42. The maximum Gasteiger partial charge on any atom is 0.246 e. The third-order valence-electron chi connectivity index (χ3n) is 7.64. The highest BCUT2D eigenvalue weighted by atomic mass is 19.1. The molecule has 2 saturated heterocycles. The Hall–Kier alpha value is -3.79. The van der Waals surface area contributed by atoms with Crippen molar-refractivity contribution in [1.29, 1.82) is 0 Å². The molecule has 9 nitrogen and oxygen atoms in total. The van der Waals surface area contributed by atoms with Crippen molar-refractivity contribution in [1.82, 2.24) is 29.5 Å². The van der Waals surface area contributed by atoms with Gasteiger partial charge in [0.15, 0.2) is 5.75 Å². The van der Waals surface area contributed by atoms with E-state index >= 15 is 0 Å². The number of hydrogen-bond donors (Lipinski definition) is 1. The van der Waals surface area contributed by atoms with E-state index in [9.17, 15) is 9.18 Å². The second kappa shape index (κ2) is 9.26. The molecular weight excluding hydrogens is 473 g/mol. The van der Waals surface area contributed by atoms with Crippen molar-refractivity contribution >= 4 is 17.4 Å². The number of nitrogens with one attached hydrogen (secondary N) is 1. The van der Waals surface area contributed by atoms with Gasteiger partial charge in [-0.2, -0.15) is 5.10 Å². The van der Waals surface area contributed by atoms with Crippen molar-refractivity contribution in [3.63, 3.8) is 0 Å². The second-order valence-electron chi connectivity index (χ2n) is 10.0. The SMILES string of the molecule is C=CC(=O)N1CC[C@H](N2CC(c3cc4c(c(C)n3)OCc3c(-c5cnn(C)c5)ccnc3N4)C2)[C@H](F)C1. The number of hydrogen-bond acceptors (Lipinski definition) is 7. The molecule has 3 aromatic rings. The number of fused-ring (bicyclic) bond motifs is 2. The Kier molecular flexibility index (Phi) is 5.91. The standard InChI is InChI=1S/C27H30FN7O2/c1-4-25(36)34-8-6-24(21(28)14-34)35-12-18(13-35)22-9-23-26(16(2)31-22)37-15-20-19(5-7-29-27(20)32-23)17-10-30-33(3)11-17/h4-5,7,9-11,18,21,24H,1,6,8,12-15H2,2-3H3,(H,29,32)/t21-,24+/m1/s1. The van der Waals surface area contributed by atoms with Gasteiger partial charge < -0.3 is 15.0 Å². The molecule has 10 heteroatoms. The zero-order chi connectivity index (χ0) is 25.7. The van der Waals surface area contributed by atoms with Crippen LogP contribution in [0.3, 0.4) is 0 Å². The largest absolute Gasteiger partial charge is 0.485 e. The molecule has 192 valence electrons. The molecule has 3 aliphatic rings. The van der Waals surface area contributed by atoms with Gasteiger partial charge in [0.1, 0.15) is 18.6 Å². The summed E-state index contributed by atoms with van der Waals surface area (Å²) in [5.41, 5.74) is 5.63. The normalized spacial score (nSPS) is 21.6. The molecule has 0 unspecified atom stereocenters. The number of carbonyl (C=O) groups excluding carboxylic acids is 1. The third kappa shape index (κ3) is 4.25. The summed E-state index contributed by atoms with van der Waals surface area (Å²) in [6.45, 7) is 8.00. The molecule has 2 atom stereocenters. The lowest BCUT2D eigenvalue weighted by atomic mass is 9.89. The van der Waals surface area contributed by atoms with Gasteiger partial charge in [-0.05, 0) is 37.1 Å². The first-order valence-electron chi connectivity index (χ1n) is 12.6. The molecule has 0 radical (unpaired) electrons. The molecule has 6 rings (SSSR count). The van der Waals surface area contributed by atoms with E-state index in [2.05, 4.69) is 26.9 Å². The van der Waals surface area contributed by atoms with Crippen molar-refractivity contribution in [3.05, 3.63) is 60.3 Å². The number of aryl methyl sites for hydroxylation is 2. The lowest BCUT2D eigenvalue weighted by Crippen LogP contribution is -2.59. The van der Waals surface area contributed by atoms with Gasteiger partial charge in [-0.25, -0.2) is 9.37 Å². The summed E-state index contributed by atoms with van der Waals surface area (Å²) in [5, 5.41) is 7.79. The average molecular weight is 504 g/mol. The predicted molar refractivity (Wildman–Crippen MR) is 137 cm³/mol. The molecular formula is C27H30FN7O2. The van der Waals surface area contributed by atoms with Gasteiger partial charge in [-0.3, -0.25) is 19.4 Å². The molecule has 0 bridgehead atoms. The van der Waals surface area contributed by atoms with Gasteiger partial charge in [0, 0.05) is 67.9 Å². The summed E-state index contributed by atoms with van der Waals surface area (Å²) >= 11 is 0. The van der Waals surface area contributed by atoms with Crippen LogP contribution in [0.4, 0.5) is 15.9 Å². The number of carbonyl (C=O) groups is 1. The van der Waals surface area contributed by atoms with Gasteiger partial charge in [-0.15, -0.1) is 0 Å². The van der Waals surface area contributed by atoms with Crippen LogP contribution < -0.4 is 10.1 Å². The van der Waals surface area contributed by atoms with Gasteiger partial charge >= 0.3 is 0 Å². The predicted octanol–water partition coefficient (Wildman–Crippen LogP) is 3.35. The molecule has 3 aliphatic heterocycles. The zero-order valence-electron chi connectivity index (χ0n) is 21.0. The number of piperidine rings is 1. The number of ether oxygens (including phenoxy) is 1. The van der Waals surface area contributed by atoms with E-state index in [1.165, 1.54) is 6.08 Å². The number of alkyl halides is 1. The van der Waals surface area contributed by atoms with E-state index in [1.807, 2.05) is 38.5 Å². The van der Waals surface area contributed by atoms with Crippen LogP contribution >= 0.6 is 0 Å². The monoisotopic (exact) mass is 503 g/mol. The van der Waals surface area contributed by atoms with E-state index in [4.69, 9.17) is 9.72 Å². The number of halogens is 1. The molecule has 6 heterocycles. The van der Waals surface area contributed by atoms with E-state index in [1.54, 1.807) is 15.8 Å². The molecule has 1 N–H and O–H groups in total. The molecule has 0 aliphatic carbocycles. The Bertz CT molecular complexity index is 1370. The van der Waals surface area contributed by atoms with Crippen LogP contribution in [0, 0.1) is 6.92 Å². The number of rotatable bonds is 4. The second-order valence-corrected chi connectivity index (χ2v) is 10.0. The Morgan fingerprint density at radius 1 is 1.32 bits per heavy atom. The highest BCUT2D eigenvalue weighted by Crippen LogP contribution is 2.41. The van der Waals surface area contributed by atoms with Crippen molar-refractivity contribution in [2.24, 2.45) is 7.05 Å². The average Bonchev–Trinajstić information content (AvgIpc) is 3.19. The van der Waals surface area contributed by atoms with Crippen molar-refractivity contribution < 1.29 is 13.9 Å². The summed E-state index contributed by atoms with van der Waals surface area (Å²) < 4.78 is 22.9. The quantitative estimate of drug-likeness (QED) is 0.547. The highest BCUT2D eigenvalue weighted by molar-refractivity contribution is 5.87. The third-order valence-corrected chi connectivity index (χ3v) is 7.64. The van der Waals surface area contributed by atoms with E-state index in [0.717, 1.165) is 58.4 Å². The van der Waals surface area contributed by atoms with E-state index in [0.29, 0.717) is 19.6 Å². The Balaban J connectivity index is 1.18. The fraction of sp³-hybridized carbons (Fsp3) is 0.407. The zero-order valence-corrected chi connectivity index (χ0v) is 21.0. The van der Waals surface area contributed by atoms with Gasteiger partial charge in [0.2, 0.25) is 5.91 Å². The van der Waals surface area contributed by atoms with Crippen molar-refractivity contribution in [3.8, 4) is 16.9 Å². The van der Waals surface area contributed by atoms with Crippen LogP contribution in [0.25, 0.3) is 11.1 Å². The van der Waals surface area contributed by atoms with Gasteiger partial charge in [0.05, 0.1) is 24.1 Å². The maximum absolute atomic E-state index is 14.9. The van der Waals surface area contributed by atoms with Crippen molar-refractivity contribution in [2.75, 3.05) is 31.5 Å². The molecule has 2 fully saturated rings. The van der Waals surface area contributed by atoms with Gasteiger partial charge in [-0.1, -0.05) is 6.58 Å². The molecule has 1 amide bonds. The Labute approximate surface area is 215 Å². The molecule has 0 aromatic carbocycles. The van der Waals surface area contributed by atoms with Crippen LogP contribution in [0.2, 0.25) is 0 Å². The molecule has 37 heavy (non-hydrogen) atoms. The Morgan fingerprint density at radius 3 is 2.89 bits per heavy atom. The first-order valence-corrected chi connectivity index (χ1v) is 12.6. The van der Waals surface area contributed by atoms with Crippen LogP contribution in [-0.2, 0) is 18.4 Å². The fourth-order valence-corrected chi connectivity index (χ4v) is 5.62. The van der Waals surface area contributed by atoms with Crippen LogP contribution in [0.1, 0.15) is 29.3 Å². The summed E-state index contributed by atoms with van der Waals surface area (Å²) in [7, 11) is 1.90. The smallest absolute Gasteiger partial charge is 0.246 e. The first-order chi connectivity index (χ1) is 17.9. The summed E-state index contributed by atoms with van der Waals surface area (Å²) in [6, 6.07) is 3.85. The van der Waals surface area contributed by atoms with Gasteiger partial charge in [0.25, 0.3) is 0 Å². The number of likely N-dealkylation sites (tertiary alicyclic amines) is 2. The number of nitrogens with zero attached hydrogens (tertiary/aromatic N) is 6. The summed E-state index contributed by atoms with van der Waals surface area (Å²) in [4.78, 5) is 25.0. The van der Waals surface area contributed by atoms with E-state index < -0.39 is 6.17 Å². The fourth-order valence-electron chi connectivity index (χ4n) is 5.62. The minimum absolute atomic E-state index is 0.127. The Morgan fingerprint density at radius 2 is 2.16 bits per heavy atom. The first kappa shape index (κ1) is 23.6. The van der Waals surface area contributed by atoms with Crippen LogP contribution in [0.5, 0.6) is 5.75 Å². The van der Waals surface area contributed by atoms with Crippen molar-refractivity contribution in [2.45, 2.75) is 38.1 Å². The maximum atomic E-state index is 14.9. The molecule has 3 aromatic heterocycles. The van der Waals surface area contributed by atoms with E-state index in [-0.39, 0.29) is 24.4 Å².